The van der Waals surface area contributed by atoms with Crippen LogP contribution >= 0.6 is 0 Å². The molecule has 134 valence electrons. The zero-order valence-electron chi connectivity index (χ0n) is 14.9. The van der Waals surface area contributed by atoms with Crippen molar-refractivity contribution in [2.75, 3.05) is 5.32 Å². The van der Waals surface area contributed by atoms with Crippen molar-refractivity contribution in [3.05, 3.63) is 77.9 Å². The monoisotopic (exact) mass is 348 g/mol. The first-order valence-electron chi connectivity index (χ1n) is 9.05. The SMILES string of the molecule is CC(NC(=O)c1ccccc1NC(=O)CC1C=CCC1)c1ccccc1. The molecule has 0 aliphatic heterocycles. The Labute approximate surface area is 154 Å². The summed E-state index contributed by atoms with van der Waals surface area (Å²) in [6, 6.07) is 16.8. The van der Waals surface area contributed by atoms with Crippen molar-refractivity contribution in [2.45, 2.75) is 32.2 Å². The Balaban J connectivity index is 1.66. The quantitative estimate of drug-likeness (QED) is 0.757. The van der Waals surface area contributed by atoms with Gasteiger partial charge in [-0.25, -0.2) is 0 Å². The molecule has 0 spiro atoms. The molecule has 2 unspecified atom stereocenters. The minimum atomic E-state index is -0.196. The van der Waals surface area contributed by atoms with Gasteiger partial charge in [0.25, 0.3) is 5.91 Å². The Bertz CT molecular complexity index is 799. The van der Waals surface area contributed by atoms with Gasteiger partial charge in [-0.15, -0.1) is 0 Å². The van der Waals surface area contributed by atoms with Crippen LogP contribution in [0.4, 0.5) is 5.69 Å². The number of allylic oxidation sites excluding steroid dienone is 2. The van der Waals surface area contributed by atoms with Crippen LogP contribution in [0.15, 0.2) is 66.7 Å². The summed E-state index contributed by atoms with van der Waals surface area (Å²) in [7, 11) is 0. The molecule has 4 heteroatoms. The number of amides is 2. The van der Waals surface area contributed by atoms with Gasteiger partial charge in [0.05, 0.1) is 17.3 Å². The van der Waals surface area contributed by atoms with Gasteiger partial charge in [0, 0.05) is 6.42 Å². The van der Waals surface area contributed by atoms with Crippen LogP contribution in [0.5, 0.6) is 0 Å². The Kier molecular flexibility index (Phi) is 5.84. The van der Waals surface area contributed by atoms with E-state index in [1.807, 2.05) is 43.3 Å². The molecule has 3 rings (SSSR count). The van der Waals surface area contributed by atoms with Gasteiger partial charge in [-0.2, -0.15) is 0 Å². The maximum Gasteiger partial charge on any atom is 0.253 e. The van der Waals surface area contributed by atoms with E-state index in [4.69, 9.17) is 0 Å². The van der Waals surface area contributed by atoms with Crippen molar-refractivity contribution >= 4 is 17.5 Å². The summed E-state index contributed by atoms with van der Waals surface area (Å²) in [6.45, 7) is 1.95. The summed E-state index contributed by atoms with van der Waals surface area (Å²) >= 11 is 0. The Hall–Kier alpha value is -2.88. The third-order valence-corrected chi connectivity index (χ3v) is 4.65. The zero-order chi connectivity index (χ0) is 18.4. The summed E-state index contributed by atoms with van der Waals surface area (Å²) in [5.74, 6) is 0.0463. The minimum absolute atomic E-state index is 0.0575. The van der Waals surface area contributed by atoms with Crippen LogP contribution in [0.25, 0.3) is 0 Å². The van der Waals surface area contributed by atoms with Crippen LogP contribution in [0.2, 0.25) is 0 Å². The fraction of sp³-hybridized carbons (Fsp3) is 0.273. The molecule has 2 aromatic rings. The van der Waals surface area contributed by atoms with Gasteiger partial charge in [0.2, 0.25) is 5.91 Å². The predicted molar refractivity (Wildman–Crippen MR) is 104 cm³/mol. The maximum atomic E-state index is 12.7. The van der Waals surface area contributed by atoms with Gasteiger partial charge < -0.3 is 10.6 Å². The second-order valence-corrected chi connectivity index (χ2v) is 6.67. The second-order valence-electron chi connectivity index (χ2n) is 6.67. The smallest absolute Gasteiger partial charge is 0.253 e. The molecule has 4 nitrogen and oxygen atoms in total. The molecular weight excluding hydrogens is 324 g/mol. The van der Waals surface area contributed by atoms with E-state index in [0.29, 0.717) is 23.6 Å². The molecule has 0 saturated carbocycles. The molecule has 2 aromatic carbocycles. The molecule has 0 heterocycles. The lowest BCUT2D eigenvalue weighted by Crippen LogP contribution is -2.28. The molecule has 0 radical (unpaired) electrons. The highest BCUT2D eigenvalue weighted by Crippen LogP contribution is 2.22. The maximum absolute atomic E-state index is 12.7. The molecule has 0 bridgehead atoms. The lowest BCUT2D eigenvalue weighted by atomic mass is 10.0. The van der Waals surface area contributed by atoms with Crippen LogP contribution in [0.1, 0.15) is 48.1 Å². The molecule has 2 amide bonds. The molecule has 0 aromatic heterocycles. The van der Waals surface area contributed by atoms with Crippen LogP contribution in [0.3, 0.4) is 0 Å². The van der Waals surface area contributed by atoms with Gasteiger partial charge in [-0.05, 0) is 43.4 Å². The Morgan fingerprint density at radius 2 is 1.81 bits per heavy atom. The average molecular weight is 348 g/mol. The number of hydrogen-bond acceptors (Lipinski definition) is 2. The number of rotatable bonds is 6. The van der Waals surface area contributed by atoms with Crippen molar-refractivity contribution in [3.63, 3.8) is 0 Å². The summed E-state index contributed by atoms with van der Waals surface area (Å²) in [4.78, 5) is 25.0. The van der Waals surface area contributed by atoms with Gasteiger partial charge in [-0.1, -0.05) is 54.6 Å². The molecule has 0 saturated heterocycles. The molecular formula is C22H24N2O2. The predicted octanol–water partition coefficient (Wildman–Crippen LogP) is 4.47. The van der Waals surface area contributed by atoms with E-state index >= 15 is 0 Å². The minimum Gasteiger partial charge on any atom is -0.345 e. The highest BCUT2D eigenvalue weighted by atomic mass is 16.2. The fourth-order valence-electron chi connectivity index (χ4n) is 3.19. The first-order chi connectivity index (χ1) is 12.6. The lowest BCUT2D eigenvalue weighted by molar-refractivity contribution is -0.116. The third-order valence-electron chi connectivity index (χ3n) is 4.65. The van der Waals surface area contributed by atoms with Crippen molar-refractivity contribution in [3.8, 4) is 0 Å². The molecule has 2 atom stereocenters. The number of anilines is 1. The molecule has 2 N–H and O–H groups in total. The molecule has 1 aliphatic rings. The summed E-state index contributed by atoms with van der Waals surface area (Å²) in [5.41, 5.74) is 2.07. The Morgan fingerprint density at radius 3 is 2.54 bits per heavy atom. The van der Waals surface area contributed by atoms with Crippen molar-refractivity contribution in [2.24, 2.45) is 5.92 Å². The summed E-state index contributed by atoms with van der Waals surface area (Å²) < 4.78 is 0. The average Bonchev–Trinajstić information content (AvgIpc) is 3.15. The van der Waals surface area contributed by atoms with Gasteiger partial charge in [-0.3, -0.25) is 9.59 Å². The lowest BCUT2D eigenvalue weighted by Gasteiger charge is -2.17. The highest BCUT2D eigenvalue weighted by molar-refractivity contribution is 6.03. The standard InChI is InChI=1S/C22H24N2O2/c1-16(18-11-3-2-4-12-18)23-22(26)19-13-7-8-14-20(19)24-21(25)15-17-9-5-6-10-17/h2-5,7-9,11-14,16-17H,6,10,15H2,1H3,(H,23,26)(H,24,25). The summed E-state index contributed by atoms with van der Waals surface area (Å²) in [6.07, 6.45) is 6.72. The third kappa shape index (κ3) is 4.60. The van der Waals surface area contributed by atoms with Gasteiger partial charge in [0.1, 0.15) is 0 Å². The van der Waals surface area contributed by atoms with Crippen LogP contribution in [-0.4, -0.2) is 11.8 Å². The normalized spacial score (nSPS) is 16.9. The number of benzene rings is 2. The number of carbonyl (C=O) groups excluding carboxylic acids is 2. The van der Waals surface area contributed by atoms with Gasteiger partial charge >= 0.3 is 0 Å². The topological polar surface area (TPSA) is 58.2 Å². The van der Waals surface area contributed by atoms with Crippen LogP contribution < -0.4 is 10.6 Å². The number of para-hydroxylation sites is 1. The van der Waals surface area contributed by atoms with Crippen molar-refractivity contribution < 1.29 is 9.59 Å². The number of carbonyl (C=O) groups is 2. The highest BCUT2D eigenvalue weighted by Gasteiger charge is 2.18. The Morgan fingerprint density at radius 1 is 1.08 bits per heavy atom. The fourth-order valence-corrected chi connectivity index (χ4v) is 3.19. The van der Waals surface area contributed by atoms with Crippen molar-refractivity contribution in [1.29, 1.82) is 0 Å². The molecule has 0 fully saturated rings. The summed E-state index contributed by atoms with van der Waals surface area (Å²) in [5, 5.41) is 5.90. The van der Waals surface area contributed by atoms with E-state index in [2.05, 4.69) is 22.8 Å². The second kappa shape index (κ2) is 8.48. The van der Waals surface area contributed by atoms with E-state index in [9.17, 15) is 9.59 Å². The van der Waals surface area contributed by atoms with E-state index in [0.717, 1.165) is 18.4 Å². The van der Waals surface area contributed by atoms with Crippen LogP contribution in [-0.2, 0) is 4.79 Å². The molecule has 26 heavy (non-hydrogen) atoms. The van der Waals surface area contributed by atoms with E-state index < -0.39 is 0 Å². The largest absolute Gasteiger partial charge is 0.345 e. The first kappa shape index (κ1) is 17.9. The first-order valence-corrected chi connectivity index (χ1v) is 9.05. The van der Waals surface area contributed by atoms with Gasteiger partial charge in [0.15, 0.2) is 0 Å². The van der Waals surface area contributed by atoms with E-state index in [1.54, 1.807) is 18.2 Å². The number of nitrogens with one attached hydrogen (secondary N) is 2. The zero-order valence-corrected chi connectivity index (χ0v) is 14.9. The van der Waals surface area contributed by atoms with Crippen LogP contribution in [0, 0.1) is 5.92 Å². The van der Waals surface area contributed by atoms with E-state index in [1.165, 1.54) is 0 Å². The number of hydrogen-bond donors (Lipinski definition) is 2. The molecule has 1 aliphatic carbocycles. The van der Waals surface area contributed by atoms with E-state index in [-0.39, 0.29) is 17.9 Å². The van der Waals surface area contributed by atoms with Crippen molar-refractivity contribution in [1.82, 2.24) is 5.32 Å².